The molecule has 1 heterocycles. The van der Waals surface area contributed by atoms with Gasteiger partial charge in [0.2, 0.25) is 11.2 Å². The van der Waals surface area contributed by atoms with E-state index in [9.17, 15) is 22.4 Å². The number of hydrogen-bond donors (Lipinski definition) is 0. The van der Waals surface area contributed by atoms with Crippen LogP contribution in [0.5, 0.6) is 5.75 Å². The summed E-state index contributed by atoms with van der Waals surface area (Å²) in [5, 5.41) is 0.124. The molecule has 0 unspecified atom stereocenters. The zero-order valence-corrected chi connectivity index (χ0v) is 18.3. The van der Waals surface area contributed by atoms with E-state index in [0.29, 0.717) is 10.0 Å². The summed E-state index contributed by atoms with van der Waals surface area (Å²) in [7, 11) is 0. The summed E-state index contributed by atoms with van der Waals surface area (Å²) in [6, 6.07) is 13.6. The molecule has 4 rings (SSSR count). The van der Waals surface area contributed by atoms with E-state index in [-0.39, 0.29) is 33.9 Å². The predicted octanol–water partition coefficient (Wildman–Crippen LogP) is 7.61. The molecule has 32 heavy (non-hydrogen) atoms. The molecule has 9 heteroatoms. The molecule has 0 saturated carbocycles. The first-order valence-corrected chi connectivity index (χ1v) is 10.3. The fourth-order valence-electron chi connectivity index (χ4n) is 3.14. The maximum Gasteiger partial charge on any atom is 0.450 e. The van der Waals surface area contributed by atoms with Gasteiger partial charge in [0.1, 0.15) is 23.8 Å². The molecule has 0 aliphatic heterocycles. The van der Waals surface area contributed by atoms with E-state index in [0.717, 1.165) is 6.07 Å². The third-order valence-electron chi connectivity index (χ3n) is 4.66. The van der Waals surface area contributed by atoms with Crippen LogP contribution in [-0.4, -0.2) is 0 Å². The van der Waals surface area contributed by atoms with Crippen LogP contribution in [0.1, 0.15) is 11.3 Å². The minimum Gasteiger partial charge on any atom is -0.489 e. The van der Waals surface area contributed by atoms with Crippen molar-refractivity contribution in [1.82, 2.24) is 0 Å². The molecule has 0 aliphatic rings. The lowest BCUT2D eigenvalue weighted by Gasteiger charge is -2.14. The summed E-state index contributed by atoms with van der Waals surface area (Å²) in [5.74, 6) is -1.74. The van der Waals surface area contributed by atoms with Crippen molar-refractivity contribution in [3.63, 3.8) is 0 Å². The number of hydrogen-bond acceptors (Lipinski definition) is 3. The van der Waals surface area contributed by atoms with Gasteiger partial charge in [0.25, 0.3) is 0 Å². The number of benzene rings is 3. The Hall–Kier alpha value is -2.84. The Morgan fingerprint density at radius 2 is 1.72 bits per heavy atom. The van der Waals surface area contributed by atoms with Crippen molar-refractivity contribution in [1.29, 1.82) is 0 Å². The predicted molar refractivity (Wildman–Crippen MR) is 116 cm³/mol. The highest BCUT2D eigenvalue weighted by molar-refractivity contribution is 9.10. The fraction of sp³-hybridized carbons (Fsp3) is 0.0870. The first kappa shape index (κ1) is 22.4. The number of rotatable bonds is 4. The standard InChI is InChI=1S/C23H12BrClF4O3/c24-14-4-1-12(2-5-14)20-21(30)17-8-7-16(10-19(17)32-22(20)23(27,28)29)31-11-13-3-6-15(26)9-18(13)25/h1-10H,11H2. The molecule has 0 bridgehead atoms. The van der Waals surface area contributed by atoms with Gasteiger partial charge in [-0.3, -0.25) is 4.79 Å². The average molecular weight is 528 g/mol. The molecule has 3 nitrogen and oxygen atoms in total. The Bertz CT molecular complexity index is 1370. The van der Waals surface area contributed by atoms with Crippen LogP contribution in [-0.2, 0) is 12.8 Å². The highest BCUT2D eigenvalue weighted by Crippen LogP contribution is 2.38. The molecule has 0 saturated heterocycles. The van der Waals surface area contributed by atoms with Crippen LogP contribution in [0, 0.1) is 5.82 Å². The fourth-order valence-corrected chi connectivity index (χ4v) is 3.63. The molecule has 1 aromatic heterocycles. The molecule has 0 aliphatic carbocycles. The molecular weight excluding hydrogens is 516 g/mol. The lowest BCUT2D eigenvalue weighted by molar-refractivity contribution is -0.152. The Morgan fingerprint density at radius 3 is 2.38 bits per heavy atom. The van der Waals surface area contributed by atoms with Crippen molar-refractivity contribution in [3.8, 4) is 16.9 Å². The lowest BCUT2D eigenvalue weighted by Crippen LogP contribution is -2.16. The van der Waals surface area contributed by atoms with Gasteiger partial charge in [-0.05, 0) is 42.0 Å². The smallest absolute Gasteiger partial charge is 0.450 e. The highest BCUT2D eigenvalue weighted by Gasteiger charge is 2.39. The first-order chi connectivity index (χ1) is 15.1. The third kappa shape index (κ3) is 4.52. The Kier molecular flexibility index (Phi) is 6.01. The van der Waals surface area contributed by atoms with Crippen molar-refractivity contribution in [2.75, 3.05) is 0 Å². The van der Waals surface area contributed by atoms with E-state index in [2.05, 4.69) is 15.9 Å². The molecule has 4 aromatic rings. The maximum absolute atomic E-state index is 13.7. The first-order valence-electron chi connectivity index (χ1n) is 9.14. The molecule has 0 spiro atoms. The lowest BCUT2D eigenvalue weighted by atomic mass is 10.0. The molecule has 3 aromatic carbocycles. The summed E-state index contributed by atoms with van der Waals surface area (Å²) in [6.45, 7) is -0.0576. The quantitative estimate of drug-likeness (QED) is 0.256. The summed E-state index contributed by atoms with van der Waals surface area (Å²) >= 11 is 9.18. The largest absolute Gasteiger partial charge is 0.489 e. The van der Waals surface area contributed by atoms with Crippen molar-refractivity contribution < 1.29 is 26.7 Å². The van der Waals surface area contributed by atoms with Gasteiger partial charge in [-0.25, -0.2) is 4.39 Å². The van der Waals surface area contributed by atoms with Crippen molar-refractivity contribution in [2.45, 2.75) is 12.8 Å². The maximum atomic E-state index is 13.7. The van der Waals surface area contributed by atoms with E-state index in [1.807, 2.05) is 0 Å². The van der Waals surface area contributed by atoms with Gasteiger partial charge in [0, 0.05) is 16.1 Å². The van der Waals surface area contributed by atoms with E-state index >= 15 is 0 Å². The monoisotopic (exact) mass is 526 g/mol. The summed E-state index contributed by atoms with van der Waals surface area (Å²) in [4.78, 5) is 13.0. The second-order valence-electron chi connectivity index (χ2n) is 6.82. The van der Waals surface area contributed by atoms with Gasteiger partial charge in [-0.2, -0.15) is 13.2 Å². The number of halogens is 6. The minimum atomic E-state index is -4.89. The van der Waals surface area contributed by atoms with Gasteiger partial charge in [0.05, 0.1) is 16.0 Å². The summed E-state index contributed by atoms with van der Waals surface area (Å²) in [6.07, 6.45) is -4.89. The minimum absolute atomic E-state index is 0.0249. The van der Waals surface area contributed by atoms with Crippen LogP contribution >= 0.6 is 27.5 Å². The molecule has 0 fully saturated rings. The molecule has 0 atom stereocenters. The molecule has 0 N–H and O–H groups in total. The van der Waals surface area contributed by atoms with E-state index in [1.54, 1.807) is 0 Å². The van der Waals surface area contributed by atoms with Crippen molar-refractivity contribution in [2.24, 2.45) is 0 Å². The SMILES string of the molecule is O=c1c(-c2ccc(Br)cc2)c(C(F)(F)F)oc2cc(OCc3ccc(F)cc3Cl)ccc12. The van der Waals surface area contributed by atoms with E-state index in [4.69, 9.17) is 20.8 Å². The molecular formula is C23H12BrClF4O3. The van der Waals surface area contributed by atoms with Crippen molar-refractivity contribution >= 4 is 38.5 Å². The second-order valence-corrected chi connectivity index (χ2v) is 8.15. The van der Waals surface area contributed by atoms with Crippen LogP contribution in [0.3, 0.4) is 0 Å². The van der Waals surface area contributed by atoms with Gasteiger partial charge in [-0.1, -0.05) is 45.7 Å². The molecule has 0 radical (unpaired) electrons. The number of ether oxygens (including phenoxy) is 1. The summed E-state index contributed by atoms with van der Waals surface area (Å²) < 4.78 is 65.8. The number of alkyl halides is 3. The zero-order chi connectivity index (χ0) is 23.0. The van der Waals surface area contributed by atoms with E-state index in [1.165, 1.54) is 54.6 Å². The zero-order valence-electron chi connectivity index (χ0n) is 16.0. The number of fused-ring (bicyclic) bond motifs is 1. The topological polar surface area (TPSA) is 39.4 Å². The third-order valence-corrected chi connectivity index (χ3v) is 5.54. The highest BCUT2D eigenvalue weighted by atomic mass is 79.9. The van der Waals surface area contributed by atoms with Gasteiger partial charge >= 0.3 is 6.18 Å². The summed E-state index contributed by atoms with van der Waals surface area (Å²) in [5.41, 5.74) is -1.08. The molecule has 0 amide bonds. The Labute approximate surface area is 192 Å². The normalized spacial score (nSPS) is 11.7. The van der Waals surface area contributed by atoms with Gasteiger partial charge in [0.15, 0.2) is 0 Å². The Balaban J connectivity index is 1.77. The average Bonchev–Trinajstić information content (AvgIpc) is 2.73. The molecule has 164 valence electrons. The van der Waals surface area contributed by atoms with Gasteiger partial charge in [-0.15, -0.1) is 0 Å². The van der Waals surface area contributed by atoms with E-state index < -0.39 is 28.7 Å². The van der Waals surface area contributed by atoms with Crippen LogP contribution < -0.4 is 10.2 Å². The van der Waals surface area contributed by atoms with Crippen molar-refractivity contribution in [3.05, 3.63) is 97.5 Å². The van der Waals surface area contributed by atoms with Crippen LogP contribution in [0.4, 0.5) is 17.6 Å². The van der Waals surface area contributed by atoms with Crippen LogP contribution in [0.25, 0.3) is 22.1 Å². The Morgan fingerprint density at radius 1 is 1.00 bits per heavy atom. The van der Waals surface area contributed by atoms with Crippen LogP contribution in [0.15, 0.2) is 74.3 Å². The van der Waals surface area contributed by atoms with Crippen LogP contribution in [0.2, 0.25) is 5.02 Å². The van der Waals surface area contributed by atoms with Gasteiger partial charge < -0.3 is 9.15 Å². The second kappa shape index (κ2) is 8.60.